The minimum absolute atomic E-state index is 0.0532. The Morgan fingerprint density at radius 3 is 2.35 bits per heavy atom. The van der Waals surface area contributed by atoms with Crippen LogP contribution in [-0.2, 0) is 4.79 Å². The van der Waals surface area contributed by atoms with E-state index in [0.29, 0.717) is 6.54 Å². The predicted molar refractivity (Wildman–Crippen MR) is 85.7 cm³/mol. The van der Waals surface area contributed by atoms with Crippen molar-refractivity contribution in [3.8, 4) is 0 Å². The van der Waals surface area contributed by atoms with Gasteiger partial charge in [-0.1, -0.05) is 48.5 Å². The van der Waals surface area contributed by atoms with Crippen LogP contribution >= 0.6 is 11.8 Å². The lowest BCUT2D eigenvalue weighted by atomic mass is 10.2. The van der Waals surface area contributed by atoms with Crippen LogP contribution in [0.1, 0.15) is 5.56 Å². The second-order valence-electron chi connectivity index (χ2n) is 4.20. The summed E-state index contributed by atoms with van der Waals surface area (Å²) < 4.78 is 0. The van der Waals surface area contributed by atoms with Gasteiger partial charge >= 0.3 is 0 Å². The van der Waals surface area contributed by atoms with E-state index < -0.39 is 0 Å². The highest BCUT2D eigenvalue weighted by molar-refractivity contribution is 7.99. The summed E-state index contributed by atoms with van der Waals surface area (Å²) in [6.45, 7) is 0.664. The molecule has 0 unspecified atom stereocenters. The zero-order chi connectivity index (χ0) is 14.0. The summed E-state index contributed by atoms with van der Waals surface area (Å²) in [7, 11) is 0. The number of hydrogen-bond acceptors (Lipinski definition) is 2. The predicted octanol–water partition coefficient (Wildman–Crippen LogP) is 3.61. The van der Waals surface area contributed by atoms with Crippen LogP contribution in [0.3, 0.4) is 0 Å². The van der Waals surface area contributed by atoms with E-state index in [1.54, 1.807) is 17.8 Å². The number of benzene rings is 2. The largest absolute Gasteiger partial charge is 0.352 e. The van der Waals surface area contributed by atoms with Gasteiger partial charge in [0.05, 0.1) is 0 Å². The highest BCUT2D eigenvalue weighted by Crippen LogP contribution is 2.15. The quantitative estimate of drug-likeness (QED) is 0.498. The topological polar surface area (TPSA) is 29.1 Å². The zero-order valence-corrected chi connectivity index (χ0v) is 12.0. The first-order valence-corrected chi connectivity index (χ1v) is 7.52. The Morgan fingerprint density at radius 2 is 1.65 bits per heavy atom. The molecule has 2 aromatic rings. The van der Waals surface area contributed by atoms with E-state index >= 15 is 0 Å². The van der Waals surface area contributed by atoms with Crippen molar-refractivity contribution in [3.63, 3.8) is 0 Å². The molecule has 0 aliphatic rings. The molecular formula is C17H17NOS. The van der Waals surface area contributed by atoms with Crippen LogP contribution in [0.25, 0.3) is 6.08 Å². The van der Waals surface area contributed by atoms with Gasteiger partial charge in [0, 0.05) is 23.3 Å². The van der Waals surface area contributed by atoms with Crippen LogP contribution in [0.15, 0.2) is 71.6 Å². The van der Waals surface area contributed by atoms with Crippen molar-refractivity contribution in [2.24, 2.45) is 0 Å². The molecule has 2 aromatic carbocycles. The summed E-state index contributed by atoms with van der Waals surface area (Å²) in [5.74, 6) is 0.817. The van der Waals surface area contributed by atoms with E-state index in [9.17, 15) is 4.79 Å². The molecular weight excluding hydrogens is 266 g/mol. The fraction of sp³-hybridized carbons (Fsp3) is 0.118. The van der Waals surface area contributed by atoms with E-state index in [2.05, 4.69) is 17.4 Å². The van der Waals surface area contributed by atoms with Gasteiger partial charge < -0.3 is 5.32 Å². The molecule has 0 saturated carbocycles. The van der Waals surface area contributed by atoms with Crippen molar-refractivity contribution in [2.45, 2.75) is 4.90 Å². The Labute approximate surface area is 123 Å². The number of carbonyl (C=O) groups is 1. The van der Waals surface area contributed by atoms with Crippen molar-refractivity contribution < 1.29 is 4.79 Å². The SMILES string of the molecule is O=C(/C=C/c1ccccc1)NCCSc1ccccc1. The van der Waals surface area contributed by atoms with Gasteiger partial charge in [0.25, 0.3) is 0 Å². The Balaban J connectivity index is 1.67. The molecule has 0 aliphatic carbocycles. The monoisotopic (exact) mass is 283 g/mol. The van der Waals surface area contributed by atoms with Crippen LogP contribution in [0.2, 0.25) is 0 Å². The van der Waals surface area contributed by atoms with Gasteiger partial charge in [-0.3, -0.25) is 4.79 Å². The summed E-state index contributed by atoms with van der Waals surface area (Å²) in [5, 5.41) is 2.88. The number of carbonyl (C=O) groups excluding carboxylic acids is 1. The molecule has 0 spiro atoms. The number of amides is 1. The Bertz CT molecular complexity index is 552. The molecule has 20 heavy (non-hydrogen) atoms. The van der Waals surface area contributed by atoms with Gasteiger partial charge in [-0.15, -0.1) is 11.8 Å². The minimum Gasteiger partial charge on any atom is -0.352 e. The van der Waals surface area contributed by atoms with Gasteiger partial charge in [0.15, 0.2) is 0 Å². The Hall–Kier alpha value is -2.00. The third kappa shape index (κ3) is 5.33. The van der Waals surface area contributed by atoms with Gasteiger partial charge in [-0.05, 0) is 23.8 Å². The third-order valence-corrected chi connectivity index (χ3v) is 3.65. The maximum atomic E-state index is 11.6. The molecule has 0 aromatic heterocycles. The third-order valence-electron chi connectivity index (χ3n) is 2.64. The maximum absolute atomic E-state index is 11.6. The molecule has 0 fully saturated rings. The highest BCUT2D eigenvalue weighted by atomic mass is 32.2. The molecule has 3 heteroatoms. The first kappa shape index (κ1) is 14.4. The summed E-state index contributed by atoms with van der Waals surface area (Å²) in [6, 6.07) is 20.0. The van der Waals surface area contributed by atoms with Crippen LogP contribution in [-0.4, -0.2) is 18.2 Å². The first-order chi connectivity index (χ1) is 9.84. The van der Waals surface area contributed by atoms with Gasteiger partial charge in [0.2, 0.25) is 5.91 Å². The lowest BCUT2D eigenvalue weighted by molar-refractivity contribution is -0.116. The second kappa shape index (κ2) is 8.23. The summed E-state index contributed by atoms with van der Waals surface area (Å²) in [4.78, 5) is 12.8. The van der Waals surface area contributed by atoms with Gasteiger partial charge in [-0.2, -0.15) is 0 Å². The highest BCUT2D eigenvalue weighted by Gasteiger charge is 1.96. The summed E-state index contributed by atoms with van der Waals surface area (Å²) in [6.07, 6.45) is 3.39. The normalized spacial score (nSPS) is 10.6. The van der Waals surface area contributed by atoms with Crippen molar-refractivity contribution in [1.29, 1.82) is 0 Å². The van der Waals surface area contributed by atoms with E-state index in [-0.39, 0.29) is 5.91 Å². The Morgan fingerprint density at radius 1 is 1.00 bits per heavy atom. The summed E-state index contributed by atoms with van der Waals surface area (Å²) in [5.41, 5.74) is 1.03. The van der Waals surface area contributed by atoms with Crippen molar-refractivity contribution in [1.82, 2.24) is 5.32 Å². The molecule has 0 atom stereocenters. The molecule has 0 heterocycles. The number of thioether (sulfide) groups is 1. The number of nitrogens with one attached hydrogen (secondary N) is 1. The molecule has 0 radical (unpaired) electrons. The van der Waals surface area contributed by atoms with Crippen molar-refractivity contribution in [2.75, 3.05) is 12.3 Å². The van der Waals surface area contributed by atoms with Gasteiger partial charge in [-0.25, -0.2) is 0 Å². The van der Waals surface area contributed by atoms with Crippen LogP contribution in [0.5, 0.6) is 0 Å². The van der Waals surface area contributed by atoms with E-state index in [1.165, 1.54) is 4.90 Å². The second-order valence-corrected chi connectivity index (χ2v) is 5.36. The standard InChI is InChI=1S/C17H17NOS/c19-17(12-11-15-7-3-1-4-8-15)18-13-14-20-16-9-5-2-6-10-16/h1-12H,13-14H2,(H,18,19)/b12-11+. The number of rotatable bonds is 6. The van der Waals surface area contributed by atoms with Crippen LogP contribution < -0.4 is 5.32 Å². The Kier molecular flexibility index (Phi) is 5.93. The maximum Gasteiger partial charge on any atom is 0.244 e. The van der Waals surface area contributed by atoms with Crippen molar-refractivity contribution >= 4 is 23.7 Å². The first-order valence-electron chi connectivity index (χ1n) is 6.53. The lowest BCUT2D eigenvalue weighted by Gasteiger charge is -2.02. The molecule has 1 N–H and O–H groups in total. The average Bonchev–Trinajstić information content (AvgIpc) is 2.52. The zero-order valence-electron chi connectivity index (χ0n) is 11.2. The fourth-order valence-electron chi connectivity index (χ4n) is 1.65. The summed E-state index contributed by atoms with van der Waals surface area (Å²) >= 11 is 1.74. The smallest absolute Gasteiger partial charge is 0.244 e. The molecule has 2 rings (SSSR count). The fourth-order valence-corrected chi connectivity index (χ4v) is 2.44. The molecule has 2 nitrogen and oxygen atoms in total. The van der Waals surface area contributed by atoms with E-state index in [4.69, 9.17) is 0 Å². The molecule has 0 bridgehead atoms. The molecule has 0 saturated heterocycles. The molecule has 0 aliphatic heterocycles. The number of hydrogen-bond donors (Lipinski definition) is 1. The van der Waals surface area contributed by atoms with Crippen LogP contribution in [0.4, 0.5) is 0 Å². The van der Waals surface area contributed by atoms with Crippen molar-refractivity contribution in [3.05, 3.63) is 72.3 Å². The molecule has 102 valence electrons. The lowest BCUT2D eigenvalue weighted by Crippen LogP contribution is -2.23. The van der Waals surface area contributed by atoms with E-state index in [0.717, 1.165) is 11.3 Å². The average molecular weight is 283 g/mol. The molecule has 1 amide bonds. The van der Waals surface area contributed by atoms with Crippen LogP contribution in [0, 0.1) is 0 Å². The van der Waals surface area contributed by atoms with E-state index in [1.807, 2.05) is 54.6 Å². The minimum atomic E-state index is -0.0532. The van der Waals surface area contributed by atoms with Gasteiger partial charge in [0.1, 0.15) is 0 Å².